The zero-order valence-corrected chi connectivity index (χ0v) is 9.97. The van der Waals surface area contributed by atoms with E-state index in [1.807, 2.05) is 0 Å². The van der Waals surface area contributed by atoms with Crippen molar-refractivity contribution in [3.8, 4) is 0 Å². The Kier molecular flexibility index (Phi) is 3.66. The van der Waals surface area contributed by atoms with Gasteiger partial charge < -0.3 is 15.7 Å². The molecule has 5 heteroatoms. The number of aliphatic carboxylic acids is 1. The summed E-state index contributed by atoms with van der Waals surface area (Å²) < 4.78 is 0. The lowest BCUT2D eigenvalue weighted by Gasteiger charge is -2.31. The maximum absolute atomic E-state index is 12.0. The lowest BCUT2D eigenvalue weighted by Crippen LogP contribution is -2.45. The Hall–Kier alpha value is -1.10. The van der Waals surface area contributed by atoms with Crippen molar-refractivity contribution >= 4 is 11.9 Å². The average Bonchev–Trinajstić information content (AvgIpc) is 2.38. The molecule has 1 heterocycles. The first kappa shape index (κ1) is 12.4. The molecule has 0 spiro atoms. The number of carbonyl (C=O) groups excluding carboxylic acids is 1. The number of hydrogen-bond donors (Lipinski definition) is 2. The summed E-state index contributed by atoms with van der Waals surface area (Å²) in [5.74, 6) is -0.205. The molecule has 2 aliphatic rings. The van der Waals surface area contributed by atoms with Crippen LogP contribution in [0.1, 0.15) is 32.1 Å². The molecule has 17 heavy (non-hydrogen) atoms. The van der Waals surface area contributed by atoms with Crippen LogP contribution in [0.3, 0.4) is 0 Å². The number of rotatable bonds is 2. The Labute approximate surface area is 101 Å². The number of carboxylic acid groups (broad SMARTS) is 1. The molecule has 1 amide bonds. The van der Waals surface area contributed by atoms with E-state index in [2.05, 4.69) is 0 Å². The second-order valence-corrected chi connectivity index (χ2v) is 5.26. The third kappa shape index (κ3) is 2.77. The highest BCUT2D eigenvalue weighted by molar-refractivity contribution is 5.85. The summed E-state index contributed by atoms with van der Waals surface area (Å²) in [5.41, 5.74) is 5.87. The second kappa shape index (κ2) is 5.04. The van der Waals surface area contributed by atoms with Crippen LogP contribution in [0, 0.1) is 11.8 Å². The molecule has 0 aromatic rings. The fourth-order valence-corrected chi connectivity index (χ4v) is 3.18. The standard InChI is InChI=1S/C12H20N2O3/c13-10-5-8-3-1-2-4-9(8)6-14(12(10)17)7-11(15)16/h8-10H,1-7,13H2,(H,15,16)/t8?,9?,10-/m0/s1. The molecule has 2 unspecified atom stereocenters. The molecule has 1 aliphatic carbocycles. The summed E-state index contributed by atoms with van der Waals surface area (Å²) >= 11 is 0. The smallest absolute Gasteiger partial charge is 0.323 e. The molecule has 0 bridgehead atoms. The van der Waals surface area contributed by atoms with Gasteiger partial charge in [0.05, 0.1) is 6.04 Å². The van der Waals surface area contributed by atoms with Gasteiger partial charge in [-0.1, -0.05) is 19.3 Å². The SMILES string of the molecule is N[C@H]1CC2CCCCC2CN(CC(=O)O)C1=O. The van der Waals surface area contributed by atoms with E-state index in [-0.39, 0.29) is 12.5 Å². The first-order valence-corrected chi connectivity index (χ1v) is 6.34. The lowest BCUT2D eigenvalue weighted by molar-refractivity contribution is -0.145. The minimum atomic E-state index is -0.959. The summed E-state index contributed by atoms with van der Waals surface area (Å²) in [5, 5.41) is 8.82. The highest BCUT2D eigenvalue weighted by Crippen LogP contribution is 2.35. The van der Waals surface area contributed by atoms with Crippen molar-refractivity contribution in [1.82, 2.24) is 4.90 Å². The third-order valence-corrected chi connectivity index (χ3v) is 4.03. The first-order valence-electron chi connectivity index (χ1n) is 6.34. The van der Waals surface area contributed by atoms with Crippen LogP contribution < -0.4 is 5.73 Å². The highest BCUT2D eigenvalue weighted by atomic mass is 16.4. The van der Waals surface area contributed by atoms with Crippen LogP contribution in [-0.2, 0) is 9.59 Å². The molecular weight excluding hydrogens is 220 g/mol. The molecule has 3 atom stereocenters. The minimum absolute atomic E-state index is 0.193. The van der Waals surface area contributed by atoms with Crippen LogP contribution in [-0.4, -0.2) is 41.0 Å². The van der Waals surface area contributed by atoms with Crippen molar-refractivity contribution in [3.63, 3.8) is 0 Å². The molecule has 1 saturated heterocycles. The maximum Gasteiger partial charge on any atom is 0.323 e. The number of nitrogens with two attached hydrogens (primary N) is 1. The van der Waals surface area contributed by atoms with E-state index in [9.17, 15) is 9.59 Å². The summed E-state index contributed by atoms with van der Waals surface area (Å²) in [6.07, 6.45) is 5.35. The Morgan fingerprint density at radius 2 is 2.00 bits per heavy atom. The van der Waals surface area contributed by atoms with Crippen molar-refractivity contribution in [2.75, 3.05) is 13.1 Å². The zero-order chi connectivity index (χ0) is 12.4. The molecule has 1 saturated carbocycles. The predicted molar refractivity (Wildman–Crippen MR) is 62.3 cm³/mol. The Morgan fingerprint density at radius 3 is 2.65 bits per heavy atom. The lowest BCUT2D eigenvalue weighted by atomic mass is 9.77. The van der Waals surface area contributed by atoms with Gasteiger partial charge in [0, 0.05) is 6.54 Å². The number of amides is 1. The normalized spacial score (nSPS) is 34.1. The topological polar surface area (TPSA) is 83.6 Å². The Morgan fingerprint density at radius 1 is 1.35 bits per heavy atom. The highest BCUT2D eigenvalue weighted by Gasteiger charge is 2.36. The number of likely N-dealkylation sites (tertiary alicyclic amines) is 1. The van der Waals surface area contributed by atoms with Crippen molar-refractivity contribution in [2.24, 2.45) is 17.6 Å². The van der Waals surface area contributed by atoms with E-state index in [0.717, 1.165) is 19.3 Å². The van der Waals surface area contributed by atoms with Crippen LogP contribution in [0.25, 0.3) is 0 Å². The van der Waals surface area contributed by atoms with E-state index in [4.69, 9.17) is 10.8 Å². The van der Waals surface area contributed by atoms with Crippen molar-refractivity contribution in [2.45, 2.75) is 38.1 Å². The number of carbonyl (C=O) groups is 2. The van der Waals surface area contributed by atoms with Crippen LogP contribution in [0.2, 0.25) is 0 Å². The largest absolute Gasteiger partial charge is 0.480 e. The Balaban J connectivity index is 2.11. The summed E-state index contributed by atoms with van der Waals surface area (Å²) in [6, 6.07) is -0.512. The molecule has 2 rings (SSSR count). The van der Waals surface area contributed by atoms with Gasteiger partial charge in [0.25, 0.3) is 0 Å². The summed E-state index contributed by atoms with van der Waals surface area (Å²) in [7, 11) is 0. The second-order valence-electron chi connectivity index (χ2n) is 5.26. The molecule has 5 nitrogen and oxygen atoms in total. The number of carboxylic acids is 1. The van der Waals surface area contributed by atoms with Crippen molar-refractivity contribution < 1.29 is 14.7 Å². The number of hydrogen-bond acceptors (Lipinski definition) is 3. The maximum atomic E-state index is 12.0. The molecule has 96 valence electrons. The molecule has 1 aliphatic heterocycles. The summed E-state index contributed by atoms with van der Waals surface area (Å²) in [6.45, 7) is 0.360. The third-order valence-electron chi connectivity index (χ3n) is 4.03. The average molecular weight is 240 g/mol. The monoisotopic (exact) mass is 240 g/mol. The first-order chi connectivity index (χ1) is 8.08. The molecule has 0 radical (unpaired) electrons. The fourth-order valence-electron chi connectivity index (χ4n) is 3.18. The molecule has 0 aromatic heterocycles. The van der Waals surface area contributed by atoms with E-state index in [1.54, 1.807) is 0 Å². The van der Waals surface area contributed by atoms with E-state index >= 15 is 0 Å². The van der Waals surface area contributed by atoms with Crippen molar-refractivity contribution in [1.29, 1.82) is 0 Å². The fraction of sp³-hybridized carbons (Fsp3) is 0.833. The van der Waals surface area contributed by atoms with Gasteiger partial charge in [-0.2, -0.15) is 0 Å². The van der Waals surface area contributed by atoms with Crippen LogP contribution >= 0.6 is 0 Å². The van der Waals surface area contributed by atoms with Crippen LogP contribution in [0.5, 0.6) is 0 Å². The van der Waals surface area contributed by atoms with Gasteiger partial charge in [0.15, 0.2) is 0 Å². The van der Waals surface area contributed by atoms with E-state index in [0.29, 0.717) is 18.4 Å². The zero-order valence-electron chi connectivity index (χ0n) is 9.97. The quantitative estimate of drug-likeness (QED) is 0.733. The number of nitrogens with zero attached hydrogens (tertiary/aromatic N) is 1. The molecule has 0 aromatic carbocycles. The van der Waals surface area contributed by atoms with E-state index in [1.165, 1.54) is 17.7 Å². The summed E-state index contributed by atoms with van der Waals surface area (Å²) in [4.78, 5) is 24.2. The minimum Gasteiger partial charge on any atom is -0.480 e. The Bertz CT molecular complexity index is 319. The molecular formula is C12H20N2O3. The van der Waals surface area contributed by atoms with Crippen LogP contribution in [0.4, 0.5) is 0 Å². The van der Waals surface area contributed by atoms with Crippen molar-refractivity contribution in [3.05, 3.63) is 0 Å². The van der Waals surface area contributed by atoms with Gasteiger partial charge in [-0.3, -0.25) is 9.59 Å². The van der Waals surface area contributed by atoms with Gasteiger partial charge in [-0.15, -0.1) is 0 Å². The van der Waals surface area contributed by atoms with Gasteiger partial charge in [-0.05, 0) is 24.7 Å². The molecule has 2 fully saturated rings. The van der Waals surface area contributed by atoms with Gasteiger partial charge in [0.2, 0.25) is 5.91 Å². The van der Waals surface area contributed by atoms with Crippen LogP contribution in [0.15, 0.2) is 0 Å². The van der Waals surface area contributed by atoms with E-state index < -0.39 is 12.0 Å². The predicted octanol–water partition coefficient (Wildman–Crippen LogP) is 0.437. The van der Waals surface area contributed by atoms with Gasteiger partial charge >= 0.3 is 5.97 Å². The molecule has 3 N–H and O–H groups in total. The number of fused-ring (bicyclic) bond motifs is 1. The van der Waals surface area contributed by atoms with Gasteiger partial charge in [0.1, 0.15) is 6.54 Å². The van der Waals surface area contributed by atoms with Gasteiger partial charge in [-0.25, -0.2) is 0 Å².